The van der Waals surface area contributed by atoms with E-state index in [9.17, 15) is 5.11 Å². The Bertz CT molecular complexity index is 555. The van der Waals surface area contributed by atoms with Crippen LogP contribution in [0.5, 0.6) is 11.6 Å². The predicted octanol–water partition coefficient (Wildman–Crippen LogP) is 4.00. The molecule has 0 aliphatic heterocycles. The van der Waals surface area contributed by atoms with Crippen LogP contribution in [0, 0.1) is 6.92 Å². The van der Waals surface area contributed by atoms with Crippen LogP contribution in [0.3, 0.4) is 0 Å². The molecular formula is C14H14BrNO2. The largest absolute Gasteiger partial charge is 0.438 e. The number of hydrogen-bond acceptors (Lipinski definition) is 3. The van der Waals surface area contributed by atoms with Crippen molar-refractivity contribution in [2.45, 2.75) is 20.0 Å². The molecular weight excluding hydrogens is 294 g/mol. The van der Waals surface area contributed by atoms with E-state index in [1.54, 1.807) is 25.3 Å². The number of rotatable bonds is 3. The minimum atomic E-state index is -0.610. The fourth-order valence-electron chi connectivity index (χ4n) is 1.59. The van der Waals surface area contributed by atoms with E-state index in [1.165, 1.54) is 0 Å². The summed E-state index contributed by atoms with van der Waals surface area (Å²) in [6.07, 6.45) is 1.04. The molecule has 0 spiro atoms. The lowest BCUT2D eigenvalue weighted by Crippen LogP contribution is -1.98. The zero-order chi connectivity index (χ0) is 13.1. The number of ether oxygens (including phenoxy) is 1. The van der Waals surface area contributed by atoms with Gasteiger partial charge in [-0.25, -0.2) is 4.98 Å². The SMILES string of the molecule is Cc1ccc(Br)cc1Oc1ncccc1[C@H](C)O. The molecule has 0 aliphatic rings. The van der Waals surface area contributed by atoms with Gasteiger partial charge in [-0.15, -0.1) is 0 Å². The Morgan fingerprint density at radius 1 is 1.33 bits per heavy atom. The molecule has 1 aromatic carbocycles. The summed E-state index contributed by atoms with van der Waals surface area (Å²) in [4.78, 5) is 4.17. The average Bonchev–Trinajstić information content (AvgIpc) is 2.34. The van der Waals surface area contributed by atoms with Crippen molar-refractivity contribution in [1.29, 1.82) is 0 Å². The van der Waals surface area contributed by atoms with Crippen molar-refractivity contribution >= 4 is 15.9 Å². The predicted molar refractivity (Wildman–Crippen MR) is 73.8 cm³/mol. The van der Waals surface area contributed by atoms with E-state index in [4.69, 9.17) is 4.74 Å². The molecule has 3 nitrogen and oxygen atoms in total. The summed E-state index contributed by atoms with van der Waals surface area (Å²) in [5.41, 5.74) is 1.69. The lowest BCUT2D eigenvalue weighted by atomic mass is 10.2. The molecule has 1 heterocycles. The molecule has 0 saturated carbocycles. The number of hydrogen-bond donors (Lipinski definition) is 1. The van der Waals surface area contributed by atoms with Gasteiger partial charge in [-0.2, -0.15) is 0 Å². The molecule has 2 aromatic rings. The van der Waals surface area contributed by atoms with Gasteiger partial charge in [0.05, 0.1) is 6.10 Å². The van der Waals surface area contributed by atoms with E-state index in [0.717, 1.165) is 15.8 Å². The van der Waals surface area contributed by atoms with Gasteiger partial charge in [0.2, 0.25) is 5.88 Å². The number of benzene rings is 1. The topological polar surface area (TPSA) is 42.4 Å². The van der Waals surface area contributed by atoms with E-state index in [1.807, 2.05) is 25.1 Å². The normalized spacial score (nSPS) is 12.2. The second-order valence-corrected chi connectivity index (χ2v) is 5.00. The van der Waals surface area contributed by atoms with Crippen molar-refractivity contribution in [3.05, 3.63) is 52.1 Å². The van der Waals surface area contributed by atoms with Crippen LogP contribution < -0.4 is 4.74 Å². The molecule has 0 saturated heterocycles. The van der Waals surface area contributed by atoms with E-state index >= 15 is 0 Å². The van der Waals surface area contributed by atoms with Gasteiger partial charge in [-0.3, -0.25) is 0 Å². The molecule has 2 rings (SSSR count). The van der Waals surface area contributed by atoms with Gasteiger partial charge in [0.1, 0.15) is 5.75 Å². The van der Waals surface area contributed by atoms with Crippen molar-refractivity contribution in [1.82, 2.24) is 4.98 Å². The van der Waals surface area contributed by atoms with Crippen LogP contribution in [0.4, 0.5) is 0 Å². The van der Waals surface area contributed by atoms with E-state index in [2.05, 4.69) is 20.9 Å². The van der Waals surface area contributed by atoms with Crippen molar-refractivity contribution in [3.8, 4) is 11.6 Å². The second-order valence-electron chi connectivity index (χ2n) is 4.09. The fourth-order valence-corrected chi connectivity index (χ4v) is 1.93. The summed E-state index contributed by atoms with van der Waals surface area (Å²) in [5.74, 6) is 1.17. The molecule has 1 N–H and O–H groups in total. The Kier molecular flexibility index (Phi) is 3.99. The van der Waals surface area contributed by atoms with E-state index < -0.39 is 6.10 Å². The molecule has 0 fully saturated rings. The Morgan fingerprint density at radius 3 is 2.83 bits per heavy atom. The number of aliphatic hydroxyl groups is 1. The Labute approximate surface area is 115 Å². The number of halogens is 1. The van der Waals surface area contributed by atoms with Crippen molar-refractivity contribution in [2.75, 3.05) is 0 Å². The quantitative estimate of drug-likeness (QED) is 0.932. The summed E-state index contributed by atoms with van der Waals surface area (Å²) in [7, 11) is 0. The molecule has 0 unspecified atom stereocenters. The highest BCUT2D eigenvalue weighted by atomic mass is 79.9. The lowest BCUT2D eigenvalue weighted by Gasteiger charge is -2.13. The molecule has 1 aromatic heterocycles. The molecule has 4 heteroatoms. The summed E-state index contributed by atoms with van der Waals surface area (Å²) >= 11 is 3.41. The third-order valence-corrected chi connectivity index (χ3v) is 3.10. The maximum atomic E-state index is 9.68. The van der Waals surface area contributed by atoms with Gasteiger partial charge in [0, 0.05) is 16.2 Å². The molecule has 0 bridgehead atoms. The maximum absolute atomic E-state index is 9.68. The smallest absolute Gasteiger partial charge is 0.225 e. The number of aliphatic hydroxyl groups excluding tert-OH is 1. The first-order valence-corrected chi connectivity index (χ1v) is 6.44. The van der Waals surface area contributed by atoms with Gasteiger partial charge in [-0.1, -0.05) is 22.0 Å². The Hall–Kier alpha value is -1.39. The Balaban J connectivity index is 2.37. The summed E-state index contributed by atoms with van der Waals surface area (Å²) < 4.78 is 6.72. The van der Waals surface area contributed by atoms with Crippen LogP contribution in [0.25, 0.3) is 0 Å². The van der Waals surface area contributed by atoms with Crippen molar-refractivity contribution < 1.29 is 9.84 Å². The molecule has 0 amide bonds. The minimum Gasteiger partial charge on any atom is -0.438 e. The molecule has 94 valence electrons. The molecule has 1 atom stereocenters. The summed E-state index contributed by atoms with van der Waals surface area (Å²) in [6, 6.07) is 9.39. The highest BCUT2D eigenvalue weighted by Gasteiger charge is 2.11. The fraction of sp³-hybridized carbons (Fsp3) is 0.214. The summed E-state index contributed by atoms with van der Waals surface area (Å²) in [6.45, 7) is 3.66. The van der Waals surface area contributed by atoms with Crippen molar-refractivity contribution in [3.63, 3.8) is 0 Å². The maximum Gasteiger partial charge on any atom is 0.225 e. The van der Waals surface area contributed by atoms with Crippen LogP contribution >= 0.6 is 15.9 Å². The monoisotopic (exact) mass is 307 g/mol. The van der Waals surface area contributed by atoms with Crippen LogP contribution in [0.15, 0.2) is 41.0 Å². The number of pyridine rings is 1. The number of aromatic nitrogens is 1. The third-order valence-electron chi connectivity index (χ3n) is 2.61. The van der Waals surface area contributed by atoms with Crippen LogP contribution in [-0.4, -0.2) is 10.1 Å². The van der Waals surface area contributed by atoms with Gasteiger partial charge in [-0.05, 0) is 43.7 Å². The van der Waals surface area contributed by atoms with Crippen LogP contribution in [-0.2, 0) is 0 Å². The number of aryl methyl sites for hydroxylation is 1. The molecule has 18 heavy (non-hydrogen) atoms. The first-order chi connectivity index (χ1) is 8.58. The van der Waals surface area contributed by atoms with Gasteiger partial charge < -0.3 is 9.84 Å². The van der Waals surface area contributed by atoms with Gasteiger partial charge in [0.15, 0.2) is 0 Å². The van der Waals surface area contributed by atoms with E-state index in [0.29, 0.717) is 11.4 Å². The standard InChI is InChI=1S/C14H14BrNO2/c1-9-5-6-11(15)8-13(9)18-14-12(10(2)17)4-3-7-16-14/h3-8,10,17H,1-2H3/t10-/m0/s1. The van der Waals surface area contributed by atoms with E-state index in [-0.39, 0.29) is 0 Å². The Morgan fingerprint density at radius 2 is 2.11 bits per heavy atom. The third kappa shape index (κ3) is 2.89. The second kappa shape index (κ2) is 5.50. The van der Waals surface area contributed by atoms with Crippen LogP contribution in [0.2, 0.25) is 0 Å². The molecule has 0 radical (unpaired) electrons. The van der Waals surface area contributed by atoms with Gasteiger partial charge >= 0.3 is 0 Å². The lowest BCUT2D eigenvalue weighted by molar-refractivity contribution is 0.194. The average molecular weight is 308 g/mol. The van der Waals surface area contributed by atoms with Crippen LogP contribution in [0.1, 0.15) is 24.2 Å². The summed E-state index contributed by atoms with van der Waals surface area (Å²) in [5, 5.41) is 9.68. The highest BCUT2D eigenvalue weighted by molar-refractivity contribution is 9.10. The number of nitrogens with zero attached hydrogens (tertiary/aromatic N) is 1. The zero-order valence-corrected chi connectivity index (χ0v) is 11.8. The molecule has 0 aliphatic carbocycles. The minimum absolute atomic E-state index is 0.439. The zero-order valence-electron chi connectivity index (χ0n) is 10.2. The first-order valence-electron chi connectivity index (χ1n) is 5.65. The first kappa shape index (κ1) is 13.1. The van der Waals surface area contributed by atoms with Gasteiger partial charge in [0.25, 0.3) is 0 Å². The van der Waals surface area contributed by atoms with Crippen molar-refractivity contribution in [2.24, 2.45) is 0 Å². The highest BCUT2D eigenvalue weighted by Crippen LogP contribution is 2.30.